The minimum absolute atomic E-state index is 0.0560. The monoisotopic (exact) mass is 277 g/mol. The van der Waals surface area contributed by atoms with Crippen LogP contribution >= 0.6 is 0 Å². The van der Waals surface area contributed by atoms with Crippen molar-refractivity contribution in [1.29, 1.82) is 0 Å². The van der Waals surface area contributed by atoms with E-state index in [4.69, 9.17) is 5.73 Å². The summed E-state index contributed by atoms with van der Waals surface area (Å²) in [4.78, 5) is 14.2. The molecule has 0 saturated heterocycles. The van der Waals surface area contributed by atoms with Gasteiger partial charge in [-0.25, -0.2) is 0 Å². The summed E-state index contributed by atoms with van der Waals surface area (Å²) in [6, 6.07) is 7.81. The summed E-state index contributed by atoms with van der Waals surface area (Å²) in [7, 11) is 0. The lowest BCUT2D eigenvalue weighted by molar-refractivity contribution is -0.123. The van der Waals surface area contributed by atoms with Crippen LogP contribution < -0.4 is 11.1 Å². The molecule has 20 heavy (non-hydrogen) atoms. The van der Waals surface area contributed by atoms with Gasteiger partial charge in [0, 0.05) is 17.8 Å². The minimum Gasteiger partial charge on any atom is -0.398 e. The van der Waals surface area contributed by atoms with E-state index in [0.29, 0.717) is 13.1 Å². The molecule has 0 radical (unpaired) electrons. The van der Waals surface area contributed by atoms with Crippen LogP contribution in [0.3, 0.4) is 0 Å². The summed E-state index contributed by atoms with van der Waals surface area (Å²) < 4.78 is 0. The summed E-state index contributed by atoms with van der Waals surface area (Å²) in [5.74, 6) is 0.0560. The van der Waals surface area contributed by atoms with Crippen molar-refractivity contribution in [3.8, 4) is 0 Å². The fourth-order valence-electron chi connectivity index (χ4n) is 2.11. The SMILES string of the molecule is CCCN(CC(=O)NC(C)(C)C)Cc1ccccc1N. The van der Waals surface area contributed by atoms with Gasteiger partial charge in [-0.3, -0.25) is 9.69 Å². The van der Waals surface area contributed by atoms with Crippen LogP contribution in [0.25, 0.3) is 0 Å². The Morgan fingerprint density at radius 3 is 2.50 bits per heavy atom. The molecule has 1 aromatic rings. The molecular weight excluding hydrogens is 250 g/mol. The number of rotatable bonds is 6. The number of benzene rings is 1. The molecule has 0 heterocycles. The van der Waals surface area contributed by atoms with Gasteiger partial charge >= 0.3 is 0 Å². The normalized spacial score (nSPS) is 11.7. The second kappa shape index (κ2) is 7.29. The van der Waals surface area contributed by atoms with Crippen molar-refractivity contribution in [2.24, 2.45) is 0 Å². The number of para-hydroxylation sites is 1. The maximum atomic E-state index is 12.0. The lowest BCUT2D eigenvalue weighted by atomic mass is 10.1. The summed E-state index contributed by atoms with van der Waals surface area (Å²) in [5, 5.41) is 3.00. The first kappa shape index (κ1) is 16.5. The number of hydrogen-bond donors (Lipinski definition) is 2. The number of carbonyl (C=O) groups is 1. The molecule has 0 bridgehead atoms. The third-order valence-electron chi connectivity index (χ3n) is 2.87. The topological polar surface area (TPSA) is 58.4 Å². The number of amides is 1. The number of nitrogens with one attached hydrogen (secondary N) is 1. The lowest BCUT2D eigenvalue weighted by Crippen LogP contribution is -2.46. The second-order valence-corrected chi connectivity index (χ2v) is 6.21. The second-order valence-electron chi connectivity index (χ2n) is 6.21. The van der Waals surface area contributed by atoms with Gasteiger partial charge in [0.1, 0.15) is 0 Å². The Labute approximate surface area is 122 Å². The van der Waals surface area contributed by atoms with E-state index in [1.54, 1.807) is 0 Å². The molecule has 0 aliphatic heterocycles. The molecule has 4 heteroatoms. The molecule has 0 saturated carbocycles. The van der Waals surface area contributed by atoms with Gasteiger partial charge in [0.15, 0.2) is 0 Å². The smallest absolute Gasteiger partial charge is 0.234 e. The molecule has 0 aromatic heterocycles. The molecule has 0 fully saturated rings. The zero-order chi connectivity index (χ0) is 15.2. The summed E-state index contributed by atoms with van der Waals surface area (Å²) in [5.41, 5.74) is 7.63. The number of anilines is 1. The zero-order valence-corrected chi connectivity index (χ0v) is 13.1. The lowest BCUT2D eigenvalue weighted by Gasteiger charge is -2.25. The maximum Gasteiger partial charge on any atom is 0.234 e. The Hall–Kier alpha value is -1.55. The maximum absolute atomic E-state index is 12.0. The number of hydrogen-bond acceptors (Lipinski definition) is 3. The van der Waals surface area contributed by atoms with Crippen molar-refractivity contribution in [2.75, 3.05) is 18.8 Å². The van der Waals surface area contributed by atoms with E-state index >= 15 is 0 Å². The van der Waals surface area contributed by atoms with Crippen LogP contribution in [0.2, 0.25) is 0 Å². The van der Waals surface area contributed by atoms with Gasteiger partial charge < -0.3 is 11.1 Å². The molecule has 0 aliphatic carbocycles. The molecule has 0 atom stereocenters. The number of nitrogens with zero attached hydrogens (tertiary/aromatic N) is 1. The van der Waals surface area contributed by atoms with E-state index in [0.717, 1.165) is 24.2 Å². The van der Waals surface area contributed by atoms with E-state index in [-0.39, 0.29) is 11.4 Å². The van der Waals surface area contributed by atoms with E-state index in [1.165, 1.54) is 0 Å². The molecule has 1 rings (SSSR count). The molecule has 0 aliphatic rings. The molecule has 4 nitrogen and oxygen atoms in total. The first-order valence-electron chi connectivity index (χ1n) is 7.18. The molecule has 112 valence electrons. The van der Waals surface area contributed by atoms with Gasteiger partial charge in [0.2, 0.25) is 5.91 Å². The molecular formula is C16H27N3O. The Bertz CT molecular complexity index is 438. The Balaban J connectivity index is 2.65. The summed E-state index contributed by atoms with van der Waals surface area (Å²) in [6.45, 7) is 10.1. The zero-order valence-electron chi connectivity index (χ0n) is 13.1. The molecule has 1 aromatic carbocycles. The van der Waals surface area contributed by atoms with Crippen LogP contribution in [0.1, 0.15) is 39.7 Å². The average molecular weight is 277 g/mol. The van der Waals surface area contributed by atoms with E-state index in [9.17, 15) is 4.79 Å². The van der Waals surface area contributed by atoms with E-state index in [2.05, 4.69) is 17.1 Å². The van der Waals surface area contributed by atoms with Crippen LogP contribution in [0.4, 0.5) is 5.69 Å². The molecule has 3 N–H and O–H groups in total. The van der Waals surface area contributed by atoms with Gasteiger partial charge in [-0.05, 0) is 45.4 Å². The van der Waals surface area contributed by atoms with Crippen LogP contribution in [0.5, 0.6) is 0 Å². The van der Waals surface area contributed by atoms with Crippen molar-refractivity contribution in [3.05, 3.63) is 29.8 Å². The highest BCUT2D eigenvalue weighted by atomic mass is 16.2. The Kier molecular flexibility index (Phi) is 6.02. The van der Waals surface area contributed by atoms with Crippen molar-refractivity contribution in [1.82, 2.24) is 10.2 Å². The Morgan fingerprint density at radius 1 is 1.30 bits per heavy atom. The predicted octanol–water partition coefficient (Wildman–Crippen LogP) is 2.40. The first-order valence-corrected chi connectivity index (χ1v) is 7.18. The summed E-state index contributed by atoms with van der Waals surface area (Å²) >= 11 is 0. The quantitative estimate of drug-likeness (QED) is 0.785. The van der Waals surface area contributed by atoms with E-state index in [1.807, 2.05) is 45.0 Å². The van der Waals surface area contributed by atoms with Crippen LogP contribution in [0, 0.1) is 0 Å². The third-order valence-corrected chi connectivity index (χ3v) is 2.87. The first-order chi connectivity index (χ1) is 9.31. The predicted molar refractivity (Wildman–Crippen MR) is 84.3 cm³/mol. The van der Waals surface area contributed by atoms with Gasteiger partial charge in [-0.1, -0.05) is 25.1 Å². The fraction of sp³-hybridized carbons (Fsp3) is 0.562. The molecule has 0 unspecified atom stereocenters. The minimum atomic E-state index is -0.194. The average Bonchev–Trinajstić information content (AvgIpc) is 2.29. The molecule has 0 spiro atoms. The van der Waals surface area contributed by atoms with Crippen molar-refractivity contribution < 1.29 is 4.79 Å². The highest BCUT2D eigenvalue weighted by Crippen LogP contribution is 2.13. The number of nitrogens with two attached hydrogens (primary N) is 1. The largest absolute Gasteiger partial charge is 0.398 e. The highest BCUT2D eigenvalue weighted by Gasteiger charge is 2.17. The van der Waals surface area contributed by atoms with Crippen molar-refractivity contribution >= 4 is 11.6 Å². The van der Waals surface area contributed by atoms with Gasteiger partial charge in [-0.2, -0.15) is 0 Å². The van der Waals surface area contributed by atoms with Crippen LogP contribution in [-0.4, -0.2) is 29.4 Å². The molecule has 1 amide bonds. The van der Waals surface area contributed by atoms with Crippen molar-refractivity contribution in [3.63, 3.8) is 0 Å². The van der Waals surface area contributed by atoms with Crippen molar-refractivity contribution in [2.45, 2.75) is 46.2 Å². The third kappa shape index (κ3) is 6.06. The van der Waals surface area contributed by atoms with E-state index < -0.39 is 0 Å². The standard InChI is InChI=1S/C16H27N3O/c1-5-10-19(12-15(20)18-16(2,3)4)11-13-8-6-7-9-14(13)17/h6-9H,5,10-12,17H2,1-4H3,(H,18,20). The number of carbonyl (C=O) groups excluding carboxylic acids is 1. The van der Waals surface area contributed by atoms with Gasteiger partial charge in [0.25, 0.3) is 0 Å². The van der Waals surface area contributed by atoms with Gasteiger partial charge in [0.05, 0.1) is 6.54 Å². The number of nitrogen functional groups attached to an aromatic ring is 1. The van der Waals surface area contributed by atoms with Crippen LogP contribution in [-0.2, 0) is 11.3 Å². The fourth-order valence-corrected chi connectivity index (χ4v) is 2.11. The van der Waals surface area contributed by atoms with Gasteiger partial charge in [-0.15, -0.1) is 0 Å². The highest BCUT2D eigenvalue weighted by molar-refractivity contribution is 5.78. The van der Waals surface area contributed by atoms with Crippen LogP contribution in [0.15, 0.2) is 24.3 Å². The Morgan fingerprint density at radius 2 is 1.95 bits per heavy atom. The summed E-state index contributed by atoms with van der Waals surface area (Å²) in [6.07, 6.45) is 1.01.